The first-order valence-electron chi connectivity index (χ1n) is 47.2. The minimum Gasteiger partial charge on any atom is -0.512 e. The first kappa shape index (κ1) is 97.7. The average Bonchev–Trinajstić information content (AvgIpc) is 1.49. The van der Waals surface area contributed by atoms with E-state index in [0.717, 1.165) is 105 Å². The number of aromatic nitrogens is 5. The van der Waals surface area contributed by atoms with Crippen molar-refractivity contribution in [1.82, 2.24) is 24.9 Å². The van der Waals surface area contributed by atoms with Crippen molar-refractivity contribution in [2.24, 2.45) is 0 Å². The van der Waals surface area contributed by atoms with Gasteiger partial charge in [0.1, 0.15) is 5.58 Å². The number of carbonyl (C=O) groups is 2. The zero-order valence-electron chi connectivity index (χ0n) is 80.0. The maximum Gasteiger partial charge on any atom is 0.354 e. The number of hydrogen-bond donors (Lipinski definition) is 2. The van der Waals surface area contributed by atoms with Gasteiger partial charge < -0.3 is 24.6 Å². The molecule has 0 aliphatic rings. The van der Waals surface area contributed by atoms with Crippen LogP contribution in [0.4, 0.5) is 0 Å². The van der Waals surface area contributed by atoms with Crippen LogP contribution in [0, 0.1) is 58.9 Å². The van der Waals surface area contributed by atoms with E-state index >= 15 is 0 Å². The van der Waals surface area contributed by atoms with Crippen LogP contribution >= 0.6 is 22.7 Å². The molecule has 0 unspecified atom stereocenters. The van der Waals surface area contributed by atoms with Gasteiger partial charge in [-0.15, -0.1) is 107 Å². The molecular weight excluding hydrogens is 2340 g/mol. The van der Waals surface area contributed by atoms with E-state index in [1.165, 1.54) is 185 Å². The Morgan fingerprint density at radius 3 is 1.22 bits per heavy atom. The fraction of sp³-hybridized carbons (Fsp3) is 0.0775. The Morgan fingerprint density at radius 1 is 0.333 bits per heavy atom. The Hall–Kier alpha value is -15.1. The summed E-state index contributed by atoms with van der Waals surface area (Å²) in [6, 6.07) is 137. The van der Waals surface area contributed by atoms with Crippen LogP contribution in [-0.2, 0) is 65.1 Å². The van der Waals surface area contributed by atoms with Crippen LogP contribution in [0.1, 0.15) is 77.5 Å². The van der Waals surface area contributed by atoms with E-state index in [4.69, 9.17) is 24.6 Å². The van der Waals surface area contributed by atoms with Gasteiger partial charge in [-0.05, 0) is 281 Å². The molecule has 0 saturated heterocycles. The summed E-state index contributed by atoms with van der Waals surface area (Å²) in [7, 11) is 0. The summed E-state index contributed by atoms with van der Waals surface area (Å²) in [4.78, 5) is 43.5. The molecule has 144 heavy (non-hydrogen) atoms. The summed E-state index contributed by atoms with van der Waals surface area (Å²) >= 11 is 3.69. The van der Waals surface area contributed by atoms with Gasteiger partial charge in [0.25, 0.3) is 0 Å². The predicted octanol–water partition coefficient (Wildman–Crippen LogP) is 35.1. The Labute approximate surface area is 880 Å². The van der Waals surface area contributed by atoms with E-state index in [1.54, 1.807) is 13.1 Å². The molecule has 27 rings (SSSR count). The minimum atomic E-state index is -0.962. The number of aryl methyl sites for hydroxylation is 3. The maximum atomic E-state index is 10.6. The van der Waals surface area contributed by atoms with Gasteiger partial charge in [0, 0.05) is 105 Å². The third-order valence-corrected chi connectivity index (χ3v) is 29.4. The Bertz CT molecular complexity index is 9480. The zero-order valence-corrected chi connectivity index (χ0v) is 88.8. The molecule has 0 atom stereocenters. The second-order valence-corrected chi connectivity index (χ2v) is 38.5. The van der Waals surface area contributed by atoms with E-state index < -0.39 is 5.97 Å². The summed E-state index contributed by atoms with van der Waals surface area (Å²) in [5.74, 6) is -0.508. The number of pyridine rings is 5. The molecule has 19 aromatic carbocycles. The van der Waals surface area contributed by atoms with Crippen molar-refractivity contribution in [3.8, 4) is 45.0 Å². The van der Waals surface area contributed by atoms with Crippen LogP contribution in [0.15, 0.2) is 381 Å². The van der Waals surface area contributed by atoms with Gasteiger partial charge in [-0.3, -0.25) is 14.8 Å². The molecule has 8 heterocycles. The molecule has 8 aromatic heterocycles. The molecule has 10 nitrogen and oxygen atoms in total. The number of hydrogen-bond acceptors (Lipinski definition) is 11. The van der Waals surface area contributed by atoms with Gasteiger partial charge in [0.05, 0.1) is 22.4 Å². The number of ketones is 1. The van der Waals surface area contributed by atoms with E-state index in [2.05, 4.69) is 382 Å². The Balaban J connectivity index is 0.000000115. The second kappa shape index (κ2) is 41.5. The molecule has 0 aliphatic carbocycles. The van der Waals surface area contributed by atoms with Gasteiger partial charge in [0.15, 0.2) is 11.5 Å². The predicted molar refractivity (Wildman–Crippen MR) is 593 cm³/mol. The fourth-order valence-corrected chi connectivity index (χ4v) is 21.9. The number of aliphatic hydroxyl groups excluding tert-OH is 1. The number of aliphatic hydroxyl groups is 1. The number of rotatable bonds is 7. The molecule has 15 heteroatoms. The summed E-state index contributed by atoms with van der Waals surface area (Å²) in [5, 5.41) is 52.5. The smallest absolute Gasteiger partial charge is 0.354 e. The topological polar surface area (TPSA) is 152 Å². The van der Waals surface area contributed by atoms with Crippen LogP contribution < -0.4 is 0 Å². The van der Waals surface area contributed by atoms with Crippen molar-refractivity contribution in [2.75, 3.05) is 0 Å². The van der Waals surface area contributed by atoms with Crippen LogP contribution in [0.2, 0.25) is 0 Å². The van der Waals surface area contributed by atoms with Crippen molar-refractivity contribution in [3.63, 3.8) is 0 Å². The van der Waals surface area contributed by atoms with Gasteiger partial charge in [-0.2, -0.15) is 22.7 Å². The van der Waals surface area contributed by atoms with Gasteiger partial charge in [-0.1, -0.05) is 278 Å². The fourth-order valence-electron chi connectivity index (χ4n) is 19.7. The van der Waals surface area contributed by atoms with Crippen molar-refractivity contribution in [2.45, 2.75) is 68.2 Å². The number of benzene rings is 19. The van der Waals surface area contributed by atoms with Crippen LogP contribution in [0.3, 0.4) is 0 Å². The molecule has 27 aromatic rings. The molecule has 0 fully saturated rings. The molecule has 0 spiro atoms. The van der Waals surface area contributed by atoms with Crippen LogP contribution in [-0.4, -0.2) is 46.9 Å². The molecule has 3 radical (unpaired) electrons. The number of fused-ring (bicyclic) bond motifs is 31. The van der Waals surface area contributed by atoms with Crippen molar-refractivity contribution in [3.05, 3.63) is 440 Å². The third kappa shape index (κ3) is 18.7. The summed E-state index contributed by atoms with van der Waals surface area (Å²) < 4.78 is 11.4. The number of nitrogens with zero attached hydrogens (tertiary/aromatic N) is 5. The van der Waals surface area contributed by atoms with Gasteiger partial charge in [-0.25, -0.2) is 9.78 Å². The first-order valence-corrected chi connectivity index (χ1v) is 48.8. The summed E-state index contributed by atoms with van der Waals surface area (Å²) in [6.45, 7) is 17.1. The number of aromatic carboxylic acids is 1. The largest absolute Gasteiger partial charge is 0.512 e. The van der Waals surface area contributed by atoms with E-state index in [9.17, 15) is 9.59 Å². The molecular formula is C129H91Ir3N5O5S2-4. The summed E-state index contributed by atoms with van der Waals surface area (Å²) in [5.41, 5.74) is 18.4. The molecule has 2 N–H and O–H groups in total. The van der Waals surface area contributed by atoms with Crippen molar-refractivity contribution >= 4 is 226 Å². The number of carboxylic acid groups (broad SMARTS) is 1. The molecule has 0 aliphatic heterocycles. The average molecular weight is 2430 g/mol. The zero-order chi connectivity index (χ0) is 96.4. The molecule has 0 saturated carbocycles. The number of thiophene rings is 2. The first-order chi connectivity index (χ1) is 68.8. The van der Waals surface area contributed by atoms with E-state index in [-0.39, 0.29) is 77.6 Å². The molecule has 0 bridgehead atoms. The Kier molecular flexibility index (Phi) is 28.1. The molecule has 705 valence electrons. The number of carbonyl (C=O) groups excluding carboxylic acids is 1. The molecule has 0 amide bonds. The SMILES string of the molecule is CC(=O)C=C(C)O.CC(C)c1cc[c-]c(-c2nccc3ccccc23)c1.Cc1cnc(-c2[c-]cc3oc4ccc5c6ccccc6c6ccccc6c5c4c3c2)cc1C.Cc1cnc(C(=O)O)c(C)c1C.[Ir].[Ir].[Ir].[c-]1cc2sc3cc4c5ccccc5c5ccccc5c4cc3c2cc1-c1ccc2ccccc2n1.[c-]1cc2sc3cc4c5ccccc5c5ccccc5c4cc3c2cc1-c1ccc2ccccc2n1. The standard InChI is InChI=1S/2C33H18NS.C31H20NO.C18H16N.C9H11NO2.C5H8O2.3Ir/c2*1-6-12-30-20(7-1)13-15-31(34-30)21-14-16-32-28(17-21)29-18-26-24-10-4-2-8-22(24)23-9-3-5-11-25(23)27(26)19-33(29)35-32;1-18-15-27(32-17-19(18)2)20-11-13-28-26(16-20)31-29(33-28)14-12-25-23-9-4-3-7-21(23)22-8-5-6-10-24(22)30(25)31;1-13(2)15-7-5-8-16(12-15)18-17-9-4-3-6-14(17)10-11-19-18;1-5-4-10-8(9(11)12)7(3)6(5)2;1-4(6)3-5(2)7;;;/h2*1-13,15-19H;3-10,12-17H,1-2H3;3-7,9-13H,1-2H3;4H,1-3H3,(H,11,12);3,6H,1-2H3;;;/q4*-1;;;;;. The van der Waals surface area contributed by atoms with Crippen molar-refractivity contribution in [1.29, 1.82) is 0 Å². The number of furan rings is 1. The van der Waals surface area contributed by atoms with E-state index in [1.807, 2.05) is 79.2 Å². The quantitative estimate of drug-likeness (QED) is 0.0683. The van der Waals surface area contributed by atoms with Crippen LogP contribution in [0.5, 0.6) is 0 Å². The Morgan fingerprint density at radius 2 is 0.750 bits per heavy atom. The minimum absolute atomic E-state index is 0. The van der Waals surface area contributed by atoms with Gasteiger partial charge >= 0.3 is 5.97 Å². The van der Waals surface area contributed by atoms with Crippen LogP contribution in [0.25, 0.3) is 237 Å². The van der Waals surface area contributed by atoms with Crippen molar-refractivity contribution < 1.29 is 84.5 Å². The summed E-state index contributed by atoms with van der Waals surface area (Å²) in [6.07, 6.45) is 6.56. The number of para-hydroxylation sites is 2. The maximum absolute atomic E-state index is 10.6. The second-order valence-electron chi connectivity index (χ2n) is 36.3. The third-order valence-electron chi connectivity index (χ3n) is 27.1. The number of carboxylic acids is 1. The van der Waals surface area contributed by atoms with Gasteiger partial charge in [0.2, 0.25) is 0 Å². The number of allylic oxidation sites excluding steroid dienone is 2. The monoisotopic (exact) mass is 2430 g/mol. The van der Waals surface area contributed by atoms with E-state index in [0.29, 0.717) is 5.92 Å². The normalized spacial score (nSPS) is 11.4.